The number of thiocarbonyl (C=S) groups is 1. The van der Waals surface area contributed by atoms with Gasteiger partial charge in [-0.15, -0.1) is 0 Å². The lowest BCUT2D eigenvalue weighted by atomic mass is 9.87. The van der Waals surface area contributed by atoms with E-state index in [1.54, 1.807) is 0 Å². The standard InChI is InChI=1S/C19H17N3S/c20-18(23)19(22-21-17-9-5-2-6-10-17)13-11-16(12-14-19)15-7-3-1-4-8-15/h1-13H,14H2,(H2,20,23). The third-order valence-corrected chi connectivity index (χ3v) is 4.16. The third kappa shape index (κ3) is 3.43. The van der Waals surface area contributed by atoms with Crippen molar-refractivity contribution in [1.29, 1.82) is 0 Å². The van der Waals surface area contributed by atoms with Gasteiger partial charge in [-0.1, -0.05) is 72.9 Å². The number of azo groups is 1. The second-order valence-electron chi connectivity index (χ2n) is 5.39. The molecular formula is C19H17N3S. The summed E-state index contributed by atoms with van der Waals surface area (Å²) in [7, 11) is 0. The van der Waals surface area contributed by atoms with Crippen molar-refractivity contribution in [1.82, 2.24) is 0 Å². The van der Waals surface area contributed by atoms with Crippen molar-refractivity contribution < 1.29 is 0 Å². The van der Waals surface area contributed by atoms with E-state index in [9.17, 15) is 0 Å². The zero-order valence-corrected chi connectivity index (χ0v) is 13.4. The first-order valence-corrected chi connectivity index (χ1v) is 7.83. The molecule has 0 heterocycles. The second-order valence-corrected chi connectivity index (χ2v) is 5.83. The van der Waals surface area contributed by atoms with Gasteiger partial charge in [-0.3, -0.25) is 0 Å². The molecule has 1 atom stereocenters. The van der Waals surface area contributed by atoms with Crippen LogP contribution in [-0.2, 0) is 0 Å². The Labute approximate surface area is 141 Å². The van der Waals surface area contributed by atoms with Crippen molar-refractivity contribution >= 4 is 28.5 Å². The van der Waals surface area contributed by atoms with E-state index in [0.29, 0.717) is 11.4 Å². The molecule has 2 N–H and O–H groups in total. The van der Waals surface area contributed by atoms with Gasteiger partial charge in [0.25, 0.3) is 0 Å². The first-order chi connectivity index (χ1) is 11.2. The van der Waals surface area contributed by atoms with Crippen LogP contribution in [0.4, 0.5) is 5.69 Å². The van der Waals surface area contributed by atoms with Crippen molar-refractivity contribution in [2.75, 3.05) is 0 Å². The summed E-state index contributed by atoms with van der Waals surface area (Å²) < 4.78 is 0. The van der Waals surface area contributed by atoms with Crippen LogP contribution in [0.25, 0.3) is 5.57 Å². The first kappa shape index (κ1) is 15.3. The highest BCUT2D eigenvalue weighted by Gasteiger charge is 2.32. The number of benzene rings is 2. The van der Waals surface area contributed by atoms with E-state index >= 15 is 0 Å². The molecule has 1 unspecified atom stereocenters. The lowest BCUT2D eigenvalue weighted by Crippen LogP contribution is -2.39. The minimum Gasteiger partial charge on any atom is -0.391 e. The summed E-state index contributed by atoms with van der Waals surface area (Å²) in [6.07, 6.45) is 6.68. The summed E-state index contributed by atoms with van der Waals surface area (Å²) in [5.41, 5.74) is 8.30. The number of nitrogens with zero attached hydrogens (tertiary/aromatic N) is 2. The van der Waals surface area contributed by atoms with Crippen molar-refractivity contribution in [2.24, 2.45) is 16.0 Å². The fourth-order valence-corrected chi connectivity index (χ4v) is 2.61. The van der Waals surface area contributed by atoms with E-state index in [1.807, 2.05) is 60.7 Å². The molecule has 0 aliphatic heterocycles. The molecule has 0 saturated carbocycles. The summed E-state index contributed by atoms with van der Waals surface area (Å²) in [6, 6.07) is 19.8. The highest BCUT2D eigenvalue weighted by molar-refractivity contribution is 7.80. The Bertz CT molecular complexity index is 779. The van der Waals surface area contributed by atoms with Gasteiger partial charge in [0.2, 0.25) is 0 Å². The topological polar surface area (TPSA) is 50.7 Å². The quantitative estimate of drug-likeness (QED) is 0.647. The largest absolute Gasteiger partial charge is 0.391 e. The average Bonchev–Trinajstić information content (AvgIpc) is 2.62. The number of hydrogen-bond acceptors (Lipinski definition) is 3. The normalized spacial score (nSPS) is 20.4. The molecule has 1 aliphatic rings. The van der Waals surface area contributed by atoms with Crippen molar-refractivity contribution in [3.63, 3.8) is 0 Å². The summed E-state index contributed by atoms with van der Waals surface area (Å²) in [5.74, 6) is 0. The van der Waals surface area contributed by atoms with Gasteiger partial charge >= 0.3 is 0 Å². The molecule has 114 valence electrons. The molecule has 4 heteroatoms. The van der Waals surface area contributed by atoms with Gasteiger partial charge < -0.3 is 5.73 Å². The van der Waals surface area contributed by atoms with Gasteiger partial charge in [-0.05, 0) is 29.3 Å². The minimum absolute atomic E-state index is 0.330. The molecule has 3 rings (SSSR count). The van der Waals surface area contributed by atoms with Gasteiger partial charge in [-0.2, -0.15) is 10.2 Å². The van der Waals surface area contributed by atoms with Crippen molar-refractivity contribution in [2.45, 2.75) is 12.0 Å². The molecule has 0 bridgehead atoms. The predicted molar refractivity (Wildman–Crippen MR) is 98.7 cm³/mol. The molecule has 1 aliphatic carbocycles. The fourth-order valence-electron chi connectivity index (χ4n) is 2.42. The lowest BCUT2D eigenvalue weighted by molar-refractivity contribution is 0.670. The fraction of sp³-hybridized carbons (Fsp3) is 0.105. The Morgan fingerprint density at radius 1 is 1.00 bits per heavy atom. The van der Waals surface area contributed by atoms with E-state index in [4.69, 9.17) is 18.0 Å². The highest BCUT2D eigenvalue weighted by Crippen LogP contribution is 2.31. The molecule has 23 heavy (non-hydrogen) atoms. The Morgan fingerprint density at radius 3 is 2.22 bits per heavy atom. The van der Waals surface area contributed by atoms with Crippen LogP contribution in [0.5, 0.6) is 0 Å². The lowest BCUT2D eigenvalue weighted by Gasteiger charge is -2.25. The number of allylic oxidation sites excluding steroid dienone is 2. The van der Waals surface area contributed by atoms with Gasteiger partial charge in [0, 0.05) is 6.42 Å². The van der Waals surface area contributed by atoms with E-state index < -0.39 is 5.54 Å². The maximum Gasteiger partial charge on any atom is 0.153 e. The van der Waals surface area contributed by atoms with Gasteiger partial charge in [-0.25, -0.2) is 0 Å². The Hall–Kier alpha value is -2.59. The van der Waals surface area contributed by atoms with Crippen LogP contribution < -0.4 is 5.73 Å². The minimum atomic E-state index is -0.747. The number of hydrogen-bond donors (Lipinski definition) is 1. The third-order valence-electron chi connectivity index (χ3n) is 3.81. The van der Waals surface area contributed by atoms with Crippen molar-refractivity contribution in [3.05, 3.63) is 84.5 Å². The van der Waals surface area contributed by atoms with E-state index in [1.165, 1.54) is 5.56 Å². The van der Waals surface area contributed by atoms with Crippen LogP contribution in [0, 0.1) is 0 Å². The summed E-state index contributed by atoms with van der Waals surface area (Å²) in [6.45, 7) is 0. The van der Waals surface area contributed by atoms with Crippen LogP contribution in [0.3, 0.4) is 0 Å². The summed E-state index contributed by atoms with van der Waals surface area (Å²) in [4.78, 5) is 0.330. The maximum atomic E-state index is 5.95. The van der Waals surface area contributed by atoms with E-state index in [2.05, 4.69) is 28.4 Å². The zero-order valence-electron chi connectivity index (χ0n) is 12.6. The van der Waals surface area contributed by atoms with Crippen LogP contribution in [0.15, 0.2) is 89.1 Å². The molecule has 2 aromatic rings. The second kappa shape index (κ2) is 6.67. The summed E-state index contributed by atoms with van der Waals surface area (Å²) >= 11 is 5.24. The predicted octanol–water partition coefficient (Wildman–Crippen LogP) is 4.84. The average molecular weight is 319 g/mol. The molecule has 0 aromatic heterocycles. The first-order valence-electron chi connectivity index (χ1n) is 7.42. The van der Waals surface area contributed by atoms with Gasteiger partial charge in [0.15, 0.2) is 5.54 Å². The molecule has 0 spiro atoms. The number of rotatable bonds is 4. The Morgan fingerprint density at radius 2 is 1.65 bits per heavy atom. The molecule has 2 aromatic carbocycles. The SMILES string of the molecule is NC(=S)C1(N=Nc2ccccc2)C=CC(c2ccccc2)=CC1. The van der Waals surface area contributed by atoms with E-state index in [0.717, 1.165) is 11.3 Å². The van der Waals surface area contributed by atoms with Crippen LogP contribution in [0.2, 0.25) is 0 Å². The Balaban J connectivity index is 1.85. The summed E-state index contributed by atoms with van der Waals surface area (Å²) in [5, 5.41) is 8.74. The monoisotopic (exact) mass is 319 g/mol. The van der Waals surface area contributed by atoms with Crippen LogP contribution in [0.1, 0.15) is 12.0 Å². The van der Waals surface area contributed by atoms with Gasteiger partial charge in [0.05, 0.1) is 5.69 Å². The number of nitrogens with two attached hydrogens (primary N) is 1. The van der Waals surface area contributed by atoms with Crippen molar-refractivity contribution in [3.8, 4) is 0 Å². The Kier molecular flexibility index (Phi) is 4.44. The van der Waals surface area contributed by atoms with Crippen LogP contribution >= 0.6 is 12.2 Å². The van der Waals surface area contributed by atoms with Gasteiger partial charge in [0.1, 0.15) is 4.99 Å². The molecular weight excluding hydrogens is 302 g/mol. The van der Waals surface area contributed by atoms with Crippen LogP contribution in [-0.4, -0.2) is 10.5 Å². The molecule has 0 saturated heterocycles. The molecule has 0 amide bonds. The van der Waals surface area contributed by atoms with E-state index in [-0.39, 0.29) is 0 Å². The zero-order chi connectivity index (χ0) is 16.1. The highest BCUT2D eigenvalue weighted by atomic mass is 32.1. The molecule has 3 nitrogen and oxygen atoms in total. The molecule has 0 radical (unpaired) electrons. The maximum absolute atomic E-state index is 5.95. The smallest absolute Gasteiger partial charge is 0.153 e. The molecule has 0 fully saturated rings.